The van der Waals surface area contributed by atoms with E-state index in [1.54, 1.807) is 104 Å². The van der Waals surface area contributed by atoms with Gasteiger partial charge in [-0.2, -0.15) is 0 Å². The molecule has 0 saturated heterocycles. The highest BCUT2D eigenvalue weighted by Crippen LogP contribution is 2.27. The summed E-state index contributed by atoms with van der Waals surface area (Å²) in [7, 11) is 0. The first kappa shape index (κ1) is 27.6. The summed E-state index contributed by atoms with van der Waals surface area (Å²) in [6.45, 7) is 1.79. The van der Waals surface area contributed by atoms with Crippen LogP contribution in [-0.4, -0.2) is 28.0 Å². The number of hydrogen-bond acceptors (Lipinski definition) is 5. The maximum Gasteiger partial charge on any atom is 0.272 e. The quantitative estimate of drug-likeness (QED) is 0.167. The van der Waals surface area contributed by atoms with Gasteiger partial charge in [0.15, 0.2) is 0 Å². The van der Waals surface area contributed by atoms with E-state index in [1.165, 1.54) is 11.8 Å². The first-order valence-electron chi connectivity index (χ1n) is 12.0. The van der Waals surface area contributed by atoms with E-state index in [0.717, 1.165) is 4.90 Å². The second-order valence-electron chi connectivity index (χ2n) is 8.38. The Labute approximate surface area is 235 Å². The standard InChI is InChI=1S/C30H25ClN4O3S/c1-20(28(36)35-27-12-5-6-17-32-27)39-25-11-7-10-24(19-25)33-30(38)26(18-21-13-15-23(31)16-14-21)34-29(37)22-8-3-2-4-9-22/h2-20H,1H3,(H,33,38)(H,34,37)(H,32,35,36)/b26-18-. The molecule has 0 saturated carbocycles. The zero-order chi connectivity index (χ0) is 27.6. The van der Waals surface area contributed by atoms with Crippen molar-refractivity contribution >= 4 is 58.7 Å². The number of pyridine rings is 1. The van der Waals surface area contributed by atoms with Crippen molar-refractivity contribution in [2.24, 2.45) is 0 Å². The lowest BCUT2D eigenvalue weighted by Gasteiger charge is -2.14. The zero-order valence-electron chi connectivity index (χ0n) is 20.9. The normalized spacial score (nSPS) is 11.8. The molecule has 0 spiro atoms. The summed E-state index contributed by atoms with van der Waals surface area (Å²) in [5.74, 6) is -0.626. The number of thioether (sulfide) groups is 1. The van der Waals surface area contributed by atoms with Gasteiger partial charge >= 0.3 is 0 Å². The summed E-state index contributed by atoms with van der Waals surface area (Å²) in [5, 5.41) is 8.49. The largest absolute Gasteiger partial charge is 0.321 e. The molecule has 3 N–H and O–H groups in total. The molecule has 0 aliphatic rings. The summed E-state index contributed by atoms with van der Waals surface area (Å²) in [5.41, 5.74) is 1.68. The molecule has 0 aliphatic heterocycles. The smallest absolute Gasteiger partial charge is 0.272 e. The Hall–Kier alpha value is -4.40. The van der Waals surface area contributed by atoms with E-state index in [9.17, 15) is 14.4 Å². The van der Waals surface area contributed by atoms with E-state index in [2.05, 4.69) is 20.9 Å². The first-order chi connectivity index (χ1) is 18.9. The van der Waals surface area contributed by atoms with Crippen molar-refractivity contribution in [3.8, 4) is 0 Å². The van der Waals surface area contributed by atoms with E-state index in [0.29, 0.717) is 27.7 Å². The van der Waals surface area contributed by atoms with Crippen LogP contribution in [0, 0.1) is 0 Å². The minimum atomic E-state index is -0.502. The van der Waals surface area contributed by atoms with Crippen LogP contribution in [0.2, 0.25) is 5.02 Å². The van der Waals surface area contributed by atoms with Crippen molar-refractivity contribution in [3.63, 3.8) is 0 Å². The molecule has 0 aliphatic carbocycles. The third-order valence-electron chi connectivity index (χ3n) is 5.40. The van der Waals surface area contributed by atoms with Gasteiger partial charge in [0, 0.05) is 27.4 Å². The van der Waals surface area contributed by atoms with Crippen LogP contribution in [0.3, 0.4) is 0 Å². The molecule has 9 heteroatoms. The Kier molecular flexibility index (Phi) is 9.50. The Morgan fingerprint density at radius 1 is 0.872 bits per heavy atom. The first-order valence-corrected chi connectivity index (χ1v) is 13.3. The minimum absolute atomic E-state index is 0.0624. The number of hydrogen-bond donors (Lipinski definition) is 3. The van der Waals surface area contributed by atoms with Crippen LogP contribution in [0.1, 0.15) is 22.8 Å². The molecule has 1 heterocycles. The molecule has 3 aromatic carbocycles. The van der Waals surface area contributed by atoms with Gasteiger partial charge in [0.25, 0.3) is 11.8 Å². The summed E-state index contributed by atoms with van der Waals surface area (Å²) >= 11 is 7.34. The minimum Gasteiger partial charge on any atom is -0.321 e. The van der Waals surface area contributed by atoms with Gasteiger partial charge in [0.1, 0.15) is 11.5 Å². The van der Waals surface area contributed by atoms with E-state index < -0.39 is 17.1 Å². The predicted molar refractivity (Wildman–Crippen MR) is 157 cm³/mol. The topological polar surface area (TPSA) is 100 Å². The number of halogens is 1. The second kappa shape index (κ2) is 13.4. The number of aromatic nitrogens is 1. The van der Waals surface area contributed by atoms with Crippen LogP contribution in [0.25, 0.3) is 6.08 Å². The number of benzene rings is 3. The number of anilines is 2. The molecular weight excluding hydrogens is 532 g/mol. The van der Waals surface area contributed by atoms with E-state index >= 15 is 0 Å². The number of nitrogens with one attached hydrogen (secondary N) is 3. The SMILES string of the molecule is CC(Sc1cccc(NC(=O)/C(=C/c2ccc(Cl)cc2)NC(=O)c2ccccc2)c1)C(=O)Nc1ccccn1. The highest BCUT2D eigenvalue weighted by molar-refractivity contribution is 8.00. The van der Waals surface area contributed by atoms with Gasteiger partial charge in [-0.05, 0) is 73.2 Å². The molecule has 196 valence electrons. The molecule has 1 unspecified atom stereocenters. The maximum absolute atomic E-state index is 13.3. The molecule has 7 nitrogen and oxygen atoms in total. The Balaban J connectivity index is 1.48. The molecule has 3 amide bonds. The van der Waals surface area contributed by atoms with E-state index in [4.69, 9.17) is 11.6 Å². The molecule has 0 fully saturated rings. The molecule has 4 rings (SSSR count). The second-order valence-corrected chi connectivity index (χ2v) is 10.2. The average molecular weight is 557 g/mol. The van der Waals surface area contributed by atoms with Crippen molar-refractivity contribution in [2.45, 2.75) is 17.1 Å². The van der Waals surface area contributed by atoms with Crippen LogP contribution < -0.4 is 16.0 Å². The van der Waals surface area contributed by atoms with E-state index in [-0.39, 0.29) is 11.6 Å². The van der Waals surface area contributed by atoms with Crippen LogP contribution in [0.4, 0.5) is 11.5 Å². The molecular formula is C30H25ClN4O3S. The summed E-state index contributed by atoms with van der Waals surface area (Å²) in [6.07, 6.45) is 3.19. The summed E-state index contributed by atoms with van der Waals surface area (Å²) in [6, 6.07) is 28.0. The fourth-order valence-electron chi connectivity index (χ4n) is 3.44. The highest BCUT2D eigenvalue weighted by Gasteiger charge is 2.17. The number of rotatable bonds is 9. The molecule has 0 radical (unpaired) electrons. The van der Waals surface area contributed by atoms with Gasteiger partial charge in [-0.3, -0.25) is 14.4 Å². The monoisotopic (exact) mass is 556 g/mol. The van der Waals surface area contributed by atoms with Crippen LogP contribution in [0.15, 0.2) is 114 Å². The van der Waals surface area contributed by atoms with E-state index in [1.807, 2.05) is 12.1 Å². The Bertz CT molecular complexity index is 1480. The predicted octanol–water partition coefficient (Wildman–Crippen LogP) is 6.26. The maximum atomic E-state index is 13.3. The van der Waals surface area contributed by atoms with Crippen LogP contribution >= 0.6 is 23.4 Å². The van der Waals surface area contributed by atoms with Crippen molar-refractivity contribution < 1.29 is 14.4 Å². The third-order valence-corrected chi connectivity index (χ3v) is 6.75. The van der Waals surface area contributed by atoms with Crippen LogP contribution in [0.5, 0.6) is 0 Å². The van der Waals surface area contributed by atoms with Gasteiger partial charge in [-0.25, -0.2) is 4.98 Å². The zero-order valence-corrected chi connectivity index (χ0v) is 22.5. The molecule has 1 atom stereocenters. The van der Waals surface area contributed by atoms with Gasteiger partial charge in [0.05, 0.1) is 5.25 Å². The van der Waals surface area contributed by atoms with Gasteiger partial charge in [0.2, 0.25) is 5.91 Å². The number of amides is 3. The Morgan fingerprint density at radius 2 is 1.62 bits per heavy atom. The van der Waals surface area contributed by atoms with Crippen molar-refractivity contribution in [2.75, 3.05) is 10.6 Å². The average Bonchev–Trinajstić information content (AvgIpc) is 2.95. The molecule has 1 aromatic heterocycles. The number of nitrogens with zero attached hydrogens (tertiary/aromatic N) is 1. The van der Waals surface area contributed by atoms with Gasteiger partial charge in [-0.15, -0.1) is 11.8 Å². The fraction of sp³-hybridized carbons (Fsp3) is 0.0667. The third kappa shape index (κ3) is 8.29. The van der Waals surface area contributed by atoms with Gasteiger partial charge in [-0.1, -0.05) is 54.1 Å². The van der Waals surface area contributed by atoms with Gasteiger partial charge < -0.3 is 16.0 Å². The van der Waals surface area contributed by atoms with Crippen LogP contribution in [-0.2, 0) is 9.59 Å². The van der Waals surface area contributed by atoms with Crippen molar-refractivity contribution in [3.05, 3.63) is 125 Å². The lowest BCUT2D eigenvalue weighted by atomic mass is 10.1. The van der Waals surface area contributed by atoms with Crippen molar-refractivity contribution in [1.82, 2.24) is 10.3 Å². The number of carbonyl (C=O) groups is 3. The summed E-state index contributed by atoms with van der Waals surface area (Å²) < 4.78 is 0. The molecule has 0 bridgehead atoms. The molecule has 39 heavy (non-hydrogen) atoms. The summed E-state index contributed by atoms with van der Waals surface area (Å²) in [4.78, 5) is 43.6. The van der Waals surface area contributed by atoms with Crippen molar-refractivity contribution in [1.29, 1.82) is 0 Å². The number of carbonyl (C=O) groups excluding carboxylic acids is 3. The Morgan fingerprint density at radius 3 is 2.33 bits per heavy atom. The lowest BCUT2D eigenvalue weighted by molar-refractivity contribution is -0.115. The lowest BCUT2D eigenvalue weighted by Crippen LogP contribution is -2.30. The molecule has 4 aromatic rings. The highest BCUT2D eigenvalue weighted by atomic mass is 35.5. The fourth-order valence-corrected chi connectivity index (χ4v) is 4.49.